The smallest absolute Gasteiger partial charge is 0.328 e. The number of nitrogens with zero attached hydrogens (tertiary/aromatic N) is 2. The van der Waals surface area contributed by atoms with E-state index < -0.39 is 23.6 Å². The number of esters is 1. The fourth-order valence-corrected chi connectivity index (χ4v) is 2.77. The molecule has 0 saturated carbocycles. The van der Waals surface area contributed by atoms with Crippen molar-refractivity contribution in [2.75, 3.05) is 6.61 Å². The largest absolute Gasteiger partial charge is 0.464 e. The number of ketones is 1. The predicted octanol–water partition coefficient (Wildman–Crippen LogP) is 2.29. The molecule has 1 saturated heterocycles. The summed E-state index contributed by atoms with van der Waals surface area (Å²) in [5, 5.41) is 10.6. The lowest BCUT2D eigenvalue weighted by atomic mass is 9.97. The number of unbranched alkanes of at least 4 members (excludes halogenated alkanes) is 4. The molecule has 0 aromatic carbocycles. The summed E-state index contributed by atoms with van der Waals surface area (Å²) >= 11 is 0. The average molecular weight is 323 g/mol. The molecule has 0 bridgehead atoms. The van der Waals surface area contributed by atoms with Gasteiger partial charge in [-0.25, -0.2) is 4.79 Å². The van der Waals surface area contributed by atoms with E-state index in [1.54, 1.807) is 0 Å². The Morgan fingerprint density at radius 3 is 2.61 bits per heavy atom. The normalized spacial score (nSPS) is 21.1. The van der Waals surface area contributed by atoms with Crippen LogP contribution in [-0.2, 0) is 19.1 Å². The molecule has 0 aliphatic carbocycles. The van der Waals surface area contributed by atoms with Gasteiger partial charge in [0.2, 0.25) is 5.91 Å². The number of hydrogen-bond donors (Lipinski definition) is 1. The zero-order chi connectivity index (χ0) is 16.7. The van der Waals surface area contributed by atoms with Gasteiger partial charge in [-0.15, -0.1) is 0 Å². The van der Waals surface area contributed by atoms with Crippen LogP contribution in [0, 0.1) is 0 Å². The molecule has 1 N–H and O–H groups in total. The van der Waals surface area contributed by atoms with Gasteiger partial charge in [-0.05, 0) is 12.8 Å². The number of nitrogens with one attached hydrogen (secondary N) is 1. The van der Waals surface area contributed by atoms with Gasteiger partial charge in [0.05, 0.1) is 19.4 Å². The van der Waals surface area contributed by atoms with Gasteiger partial charge in [0.25, 0.3) is 0 Å². The zero-order valence-electron chi connectivity index (χ0n) is 13.7. The summed E-state index contributed by atoms with van der Waals surface area (Å²) in [7, 11) is 0. The maximum Gasteiger partial charge on any atom is 0.328 e. The second kappa shape index (κ2) is 8.17. The number of ether oxygens (including phenoxy) is 1. The molecule has 0 aromatic heterocycles. The van der Waals surface area contributed by atoms with Crippen LogP contribution in [0.1, 0.15) is 64.7 Å². The van der Waals surface area contributed by atoms with E-state index in [9.17, 15) is 14.4 Å². The van der Waals surface area contributed by atoms with Crippen LogP contribution in [0.25, 0.3) is 0 Å². The van der Waals surface area contributed by atoms with Crippen molar-refractivity contribution in [1.29, 1.82) is 0 Å². The van der Waals surface area contributed by atoms with Gasteiger partial charge in [-0.2, -0.15) is 10.2 Å². The van der Waals surface area contributed by atoms with Crippen LogP contribution in [-0.4, -0.2) is 36.0 Å². The van der Waals surface area contributed by atoms with Crippen molar-refractivity contribution in [3.05, 3.63) is 0 Å². The Bertz CT molecular complexity index is 484. The van der Waals surface area contributed by atoms with Crippen LogP contribution in [0.15, 0.2) is 10.2 Å². The summed E-state index contributed by atoms with van der Waals surface area (Å²) < 4.78 is 4.77. The molecule has 2 aliphatic rings. The number of carbonyl (C=O) groups is 3. The molecule has 0 spiro atoms. The molecule has 2 aliphatic heterocycles. The molecule has 1 amide bonds. The number of rotatable bonds is 11. The number of Topliss-reactive ketones (excluding diaryl/α,β-unsaturated/α-hetero) is 1. The van der Waals surface area contributed by atoms with E-state index in [1.807, 2.05) is 0 Å². The summed E-state index contributed by atoms with van der Waals surface area (Å²) in [5.41, 5.74) is -0.574. The lowest BCUT2D eigenvalue weighted by Crippen LogP contribution is -2.39. The summed E-state index contributed by atoms with van der Waals surface area (Å²) in [6, 6.07) is -0.613. The highest BCUT2D eigenvalue weighted by Crippen LogP contribution is 2.37. The molecule has 128 valence electrons. The highest BCUT2D eigenvalue weighted by molar-refractivity contribution is 5.99. The lowest BCUT2D eigenvalue weighted by Gasteiger charge is -2.11. The van der Waals surface area contributed by atoms with Crippen molar-refractivity contribution >= 4 is 17.7 Å². The van der Waals surface area contributed by atoms with Crippen molar-refractivity contribution in [2.45, 2.75) is 76.4 Å². The first-order valence-electron chi connectivity index (χ1n) is 8.46. The minimum absolute atomic E-state index is 0.184. The zero-order valence-corrected chi connectivity index (χ0v) is 13.7. The molecule has 23 heavy (non-hydrogen) atoms. The fourth-order valence-electron chi connectivity index (χ4n) is 2.77. The number of amides is 1. The third-order valence-corrected chi connectivity index (χ3v) is 4.17. The van der Waals surface area contributed by atoms with Crippen molar-refractivity contribution < 1.29 is 19.1 Å². The number of hydrogen-bond acceptors (Lipinski definition) is 6. The lowest BCUT2D eigenvalue weighted by molar-refractivity contribution is -0.142. The van der Waals surface area contributed by atoms with Gasteiger partial charge < -0.3 is 10.1 Å². The molecule has 7 heteroatoms. The second-order valence-electron chi connectivity index (χ2n) is 6.32. The van der Waals surface area contributed by atoms with E-state index >= 15 is 0 Å². The van der Waals surface area contributed by atoms with E-state index in [-0.39, 0.29) is 18.6 Å². The van der Waals surface area contributed by atoms with Crippen LogP contribution >= 0.6 is 0 Å². The van der Waals surface area contributed by atoms with Gasteiger partial charge in [0, 0.05) is 6.42 Å². The summed E-state index contributed by atoms with van der Waals surface area (Å²) in [5.74, 6) is -1.05. The highest BCUT2D eigenvalue weighted by Gasteiger charge is 2.41. The van der Waals surface area contributed by atoms with Crippen molar-refractivity contribution in [3.8, 4) is 0 Å². The maximum absolute atomic E-state index is 12.0. The molecular weight excluding hydrogens is 298 g/mol. The SMILES string of the molecule is CCCCCCCC1(CC(=O)CC(=O)N[C@H]2CCOC2=O)N=N1. The molecule has 0 radical (unpaired) electrons. The van der Waals surface area contributed by atoms with E-state index in [0.717, 1.165) is 19.3 Å². The molecular formula is C16H25N3O4. The molecule has 0 aromatic rings. The Balaban J connectivity index is 1.63. The van der Waals surface area contributed by atoms with Gasteiger partial charge >= 0.3 is 5.97 Å². The Morgan fingerprint density at radius 2 is 2.00 bits per heavy atom. The number of cyclic esters (lactones) is 1. The topological polar surface area (TPSA) is 97.2 Å². The first-order chi connectivity index (χ1) is 11.0. The molecule has 0 unspecified atom stereocenters. The third-order valence-electron chi connectivity index (χ3n) is 4.17. The number of carbonyl (C=O) groups excluding carboxylic acids is 3. The van der Waals surface area contributed by atoms with E-state index in [4.69, 9.17) is 4.74 Å². The van der Waals surface area contributed by atoms with E-state index in [0.29, 0.717) is 13.0 Å². The first-order valence-corrected chi connectivity index (χ1v) is 8.46. The Labute approximate surface area is 136 Å². The Morgan fingerprint density at radius 1 is 1.26 bits per heavy atom. The van der Waals surface area contributed by atoms with Crippen LogP contribution in [0.5, 0.6) is 0 Å². The average Bonchev–Trinajstić information content (AvgIpc) is 3.13. The molecule has 1 fully saturated rings. The van der Waals surface area contributed by atoms with Crippen molar-refractivity contribution in [2.24, 2.45) is 10.2 Å². The third kappa shape index (κ3) is 5.73. The van der Waals surface area contributed by atoms with Gasteiger partial charge in [0.1, 0.15) is 11.8 Å². The monoisotopic (exact) mass is 323 g/mol. The van der Waals surface area contributed by atoms with Gasteiger partial charge in [-0.1, -0.05) is 32.6 Å². The first kappa shape index (κ1) is 17.6. The van der Waals surface area contributed by atoms with Crippen LogP contribution in [0.2, 0.25) is 0 Å². The second-order valence-corrected chi connectivity index (χ2v) is 6.32. The molecule has 1 atom stereocenters. The summed E-state index contributed by atoms with van der Waals surface area (Å²) in [4.78, 5) is 35.1. The highest BCUT2D eigenvalue weighted by atomic mass is 16.5. The van der Waals surface area contributed by atoms with E-state index in [1.165, 1.54) is 19.3 Å². The quantitative estimate of drug-likeness (QED) is 0.358. The molecule has 7 nitrogen and oxygen atoms in total. The molecule has 2 rings (SSSR count). The van der Waals surface area contributed by atoms with E-state index in [2.05, 4.69) is 22.5 Å². The summed E-state index contributed by atoms with van der Waals surface area (Å²) in [6.45, 7) is 2.48. The van der Waals surface area contributed by atoms with Crippen molar-refractivity contribution in [3.63, 3.8) is 0 Å². The Hall–Kier alpha value is -1.79. The standard InChI is InChI=1S/C16H25N3O4/c1-2-3-4-5-6-8-16(18-19-16)11-12(20)10-14(21)17-13-7-9-23-15(13)22/h13H,2-11H2,1H3,(H,17,21)/t13-/m0/s1. The predicted molar refractivity (Wildman–Crippen MR) is 82.7 cm³/mol. The van der Waals surface area contributed by atoms with Crippen LogP contribution < -0.4 is 5.32 Å². The maximum atomic E-state index is 12.0. The fraction of sp³-hybridized carbons (Fsp3) is 0.812. The minimum Gasteiger partial charge on any atom is -0.464 e. The van der Waals surface area contributed by atoms with Gasteiger partial charge in [0.15, 0.2) is 5.66 Å². The molecule has 2 heterocycles. The van der Waals surface area contributed by atoms with Gasteiger partial charge in [-0.3, -0.25) is 9.59 Å². The van der Waals surface area contributed by atoms with Crippen molar-refractivity contribution in [1.82, 2.24) is 5.32 Å². The van der Waals surface area contributed by atoms with Crippen LogP contribution in [0.4, 0.5) is 0 Å². The Kier molecular flexibility index (Phi) is 6.24. The van der Waals surface area contributed by atoms with Crippen LogP contribution in [0.3, 0.4) is 0 Å². The summed E-state index contributed by atoms with van der Waals surface area (Å²) in [6.07, 6.45) is 6.94. The minimum atomic E-state index is -0.613.